The van der Waals surface area contributed by atoms with E-state index in [1.807, 2.05) is 18.6 Å². The van der Waals surface area contributed by atoms with Gasteiger partial charge in [-0.2, -0.15) is 0 Å². The molecule has 0 radical (unpaired) electrons. The third-order valence-electron chi connectivity index (χ3n) is 5.83. The van der Waals surface area contributed by atoms with Crippen LogP contribution in [0.5, 0.6) is 0 Å². The molecule has 3 heterocycles. The molecule has 128 valence electrons. The SMILES string of the molecule is Cc1cnc(-c2ccncc2)n1CC1CCCN(C2CCCC2)C1. The highest BCUT2D eigenvalue weighted by atomic mass is 15.2. The summed E-state index contributed by atoms with van der Waals surface area (Å²) in [7, 11) is 0. The molecule has 4 heteroatoms. The van der Waals surface area contributed by atoms with Gasteiger partial charge in [0.05, 0.1) is 0 Å². The van der Waals surface area contributed by atoms with E-state index in [4.69, 9.17) is 0 Å². The zero-order chi connectivity index (χ0) is 16.4. The van der Waals surface area contributed by atoms with Crippen molar-refractivity contribution >= 4 is 0 Å². The van der Waals surface area contributed by atoms with Gasteiger partial charge in [-0.3, -0.25) is 4.98 Å². The number of nitrogens with zero attached hydrogens (tertiary/aromatic N) is 4. The molecule has 2 aromatic heterocycles. The third-order valence-corrected chi connectivity index (χ3v) is 5.83. The maximum absolute atomic E-state index is 4.67. The Kier molecular flexibility index (Phi) is 4.65. The topological polar surface area (TPSA) is 34.0 Å². The Morgan fingerprint density at radius 1 is 1.08 bits per heavy atom. The Bertz CT molecular complexity index is 658. The van der Waals surface area contributed by atoms with E-state index in [0.29, 0.717) is 0 Å². The number of hydrogen-bond acceptors (Lipinski definition) is 3. The maximum atomic E-state index is 4.67. The number of pyridine rings is 1. The van der Waals surface area contributed by atoms with Crippen molar-refractivity contribution in [1.29, 1.82) is 0 Å². The van der Waals surface area contributed by atoms with Crippen molar-refractivity contribution in [2.24, 2.45) is 5.92 Å². The van der Waals surface area contributed by atoms with Crippen LogP contribution >= 0.6 is 0 Å². The molecule has 24 heavy (non-hydrogen) atoms. The third kappa shape index (κ3) is 3.25. The fraction of sp³-hybridized carbons (Fsp3) is 0.600. The summed E-state index contributed by atoms with van der Waals surface area (Å²) >= 11 is 0. The van der Waals surface area contributed by atoms with Crippen LogP contribution in [-0.4, -0.2) is 38.6 Å². The fourth-order valence-electron chi connectivity index (χ4n) is 4.53. The summed E-state index contributed by atoms with van der Waals surface area (Å²) in [5, 5.41) is 0. The molecule has 4 rings (SSSR count). The van der Waals surface area contributed by atoms with Crippen LogP contribution in [-0.2, 0) is 6.54 Å². The first-order valence-electron chi connectivity index (χ1n) is 9.48. The zero-order valence-corrected chi connectivity index (χ0v) is 14.7. The van der Waals surface area contributed by atoms with Gasteiger partial charge in [0.2, 0.25) is 0 Å². The van der Waals surface area contributed by atoms with E-state index in [1.165, 1.54) is 62.9 Å². The van der Waals surface area contributed by atoms with Gasteiger partial charge < -0.3 is 9.47 Å². The van der Waals surface area contributed by atoms with Gasteiger partial charge in [-0.15, -0.1) is 0 Å². The average Bonchev–Trinajstić information content (AvgIpc) is 3.27. The second-order valence-corrected chi connectivity index (χ2v) is 7.51. The number of likely N-dealkylation sites (tertiary alicyclic amines) is 1. The van der Waals surface area contributed by atoms with Gasteiger partial charge in [0.15, 0.2) is 0 Å². The summed E-state index contributed by atoms with van der Waals surface area (Å²) in [4.78, 5) is 11.6. The molecule has 2 aliphatic rings. The van der Waals surface area contributed by atoms with E-state index in [0.717, 1.165) is 24.3 Å². The van der Waals surface area contributed by atoms with Crippen LogP contribution in [0, 0.1) is 12.8 Å². The van der Waals surface area contributed by atoms with Crippen LogP contribution in [0.3, 0.4) is 0 Å². The minimum absolute atomic E-state index is 0.743. The first-order valence-corrected chi connectivity index (χ1v) is 9.48. The van der Waals surface area contributed by atoms with Gasteiger partial charge in [-0.25, -0.2) is 4.98 Å². The Labute approximate surface area is 144 Å². The lowest BCUT2D eigenvalue weighted by atomic mass is 9.96. The second kappa shape index (κ2) is 7.06. The highest BCUT2D eigenvalue weighted by Crippen LogP contribution is 2.29. The van der Waals surface area contributed by atoms with Crippen molar-refractivity contribution in [1.82, 2.24) is 19.4 Å². The number of hydrogen-bond donors (Lipinski definition) is 0. The zero-order valence-electron chi connectivity index (χ0n) is 14.7. The van der Waals surface area contributed by atoms with Gasteiger partial charge in [-0.05, 0) is 57.2 Å². The van der Waals surface area contributed by atoms with E-state index in [1.54, 1.807) is 0 Å². The first kappa shape index (κ1) is 15.8. The molecule has 0 aromatic carbocycles. The summed E-state index contributed by atoms with van der Waals surface area (Å²) in [6.45, 7) is 5.83. The number of aryl methyl sites for hydroxylation is 1. The molecule has 0 bridgehead atoms. The van der Waals surface area contributed by atoms with Crippen molar-refractivity contribution < 1.29 is 0 Å². The van der Waals surface area contributed by atoms with Gasteiger partial charge >= 0.3 is 0 Å². The molecule has 4 nitrogen and oxygen atoms in total. The minimum Gasteiger partial charge on any atom is -0.328 e. The lowest BCUT2D eigenvalue weighted by molar-refractivity contribution is 0.117. The predicted octanol–water partition coefficient (Wildman–Crippen LogP) is 3.91. The fourth-order valence-corrected chi connectivity index (χ4v) is 4.53. The summed E-state index contributed by atoms with van der Waals surface area (Å²) in [5.74, 6) is 1.83. The van der Waals surface area contributed by atoms with Crippen molar-refractivity contribution in [2.45, 2.75) is 58.0 Å². The highest BCUT2D eigenvalue weighted by Gasteiger charge is 2.28. The number of rotatable bonds is 4. The monoisotopic (exact) mass is 324 g/mol. The molecule has 1 saturated carbocycles. The molecular weight excluding hydrogens is 296 g/mol. The summed E-state index contributed by atoms with van der Waals surface area (Å²) < 4.78 is 2.41. The van der Waals surface area contributed by atoms with Crippen molar-refractivity contribution in [2.75, 3.05) is 13.1 Å². The van der Waals surface area contributed by atoms with E-state index in [9.17, 15) is 0 Å². The Morgan fingerprint density at radius 2 is 1.88 bits per heavy atom. The smallest absolute Gasteiger partial charge is 0.140 e. The van der Waals surface area contributed by atoms with Crippen molar-refractivity contribution in [3.8, 4) is 11.4 Å². The van der Waals surface area contributed by atoms with Crippen LogP contribution in [0.4, 0.5) is 0 Å². The molecule has 1 unspecified atom stereocenters. The van der Waals surface area contributed by atoms with Gasteiger partial charge in [-0.1, -0.05) is 12.8 Å². The van der Waals surface area contributed by atoms with Crippen molar-refractivity contribution in [3.63, 3.8) is 0 Å². The van der Waals surface area contributed by atoms with Crippen LogP contribution < -0.4 is 0 Å². The first-order chi connectivity index (χ1) is 11.8. The summed E-state index contributed by atoms with van der Waals surface area (Å²) in [6, 6.07) is 4.98. The molecule has 2 fully saturated rings. The predicted molar refractivity (Wildman–Crippen MR) is 96.7 cm³/mol. The Balaban J connectivity index is 1.50. The second-order valence-electron chi connectivity index (χ2n) is 7.51. The van der Waals surface area contributed by atoms with Crippen molar-refractivity contribution in [3.05, 3.63) is 36.4 Å². The molecule has 0 amide bonds. The molecular formula is C20H28N4. The number of imidazole rings is 1. The lowest BCUT2D eigenvalue weighted by Crippen LogP contribution is -2.42. The van der Waals surface area contributed by atoms with Gasteiger partial charge in [0.1, 0.15) is 5.82 Å². The number of piperidine rings is 1. The highest BCUT2D eigenvalue weighted by molar-refractivity contribution is 5.55. The molecule has 1 aliphatic carbocycles. The largest absolute Gasteiger partial charge is 0.328 e. The van der Waals surface area contributed by atoms with Gasteiger partial charge in [0, 0.05) is 49.0 Å². The van der Waals surface area contributed by atoms with Crippen LogP contribution in [0.15, 0.2) is 30.7 Å². The molecule has 2 aromatic rings. The normalized spacial score (nSPS) is 23.0. The van der Waals surface area contributed by atoms with E-state index in [2.05, 4.69) is 38.5 Å². The molecule has 1 saturated heterocycles. The van der Waals surface area contributed by atoms with Crippen LogP contribution in [0.1, 0.15) is 44.2 Å². The van der Waals surface area contributed by atoms with Crippen LogP contribution in [0.25, 0.3) is 11.4 Å². The molecule has 0 spiro atoms. The average molecular weight is 324 g/mol. The molecule has 1 aliphatic heterocycles. The van der Waals surface area contributed by atoms with E-state index in [-0.39, 0.29) is 0 Å². The summed E-state index contributed by atoms with van der Waals surface area (Å²) in [6.07, 6.45) is 14.1. The lowest BCUT2D eigenvalue weighted by Gasteiger charge is -2.37. The van der Waals surface area contributed by atoms with E-state index >= 15 is 0 Å². The standard InChI is InChI=1S/C20H28N4/c1-16-13-22-20(18-8-10-21-11-9-18)24(16)15-17-5-4-12-23(14-17)19-6-2-3-7-19/h8-11,13,17,19H,2-7,12,14-15H2,1H3. The number of aromatic nitrogens is 3. The van der Waals surface area contributed by atoms with Crippen LogP contribution in [0.2, 0.25) is 0 Å². The molecule has 1 atom stereocenters. The minimum atomic E-state index is 0.743. The quantitative estimate of drug-likeness (QED) is 0.855. The summed E-state index contributed by atoms with van der Waals surface area (Å²) in [5.41, 5.74) is 2.43. The Hall–Kier alpha value is -1.68. The Morgan fingerprint density at radius 3 is 2.67 bits per heavy atom. The maximum Gasteiger partial charge on any atom is 0.140 e. The van der Waals surface area contributed by atoms with Gasteiger partial charge in [0.25, 0.3) is 0 Å². The molecule has 0 N–H and O–H groups in total. The van der Waals surface area contributed by atoms with E-state index < -0.39 is 0 Å².